The molecule has 0 unspecified atom stereocenters. The second kappa shape index (κ2) is 3.97. The van der Waals surface area contributed by atoms with Crippen molar-refractivity contribution < 1.29 is 33.0 Å². The van der Waals surface area contributed by atoms with Crippen molar-refractivity contribution in [3.63, 3.8) is 0 Å². The molecule has 0 saturated heterocycles. The average Bonchev–Trinajstić information content (AvgIpc) is 2.66. The maximum atomic E-state index is 12.5. The van der Waals surface area contributed by atoms with Crippen molar-refractivity contribution in [1.82, 2.24) is 0 Å². The van der Waals surface area contributed by atoms with E-state index in [4.69, 9.17) is 10.2 Å². The molecule has 0 aliphatic heterocycles. The van der Waals surface area contributed by atoms with E-state index in [2.05, 4.69) is 0 Å². The molecule has 0 bridgehead atoms. The Hall–Kier alpha value is -2.05. The summed E-state index contributed by atoms with van der Waals surface area (Å²) >= 11 is 0. The average molecular weight is 274 g/mol. The molecule has 7 heteroatoms. The van der Waals surface area contributed by atoms with Crippen LogP contribution in [0.1, 0.15) is 16.7 Å². The molecule has 2 rings (SSSR count). The van der Waals surface area contributed by atoms with Gasteiger partial charge in [0, 0.05) is 0 Å². The normalized spacial score (nSPS) is 17.0. The van der Waals surface area contributed by atoms with Gasteiger partial charge in [-0.05, 0) is 36.1 Å². The highest BCUT2D eigenvalue weighted by molar-refractivity contribution is 5.99. The molecule has 0 radical (unpaired) electrons. The van der Waals surface area contributed by atoms with Crippen LogP contribution in [0.2, 0.25) is 0 Å². The van der Waals surface area contributed by atoms with Gasteiger partial charge in [0.2, 0.25) is 0 Å². The Morgan fingerprint density at radius 3 is 2.05 bits per heavy atom. The van der Waals surface area contributed by atoms with Crippen LogP contribution in [0.5, 0.6) is 0 Å². The van der Waals surface area contributed by atoms with Crippen molar-refractivity contribution in [2.45, 2.75) is 19.0 Å². The molecule has 0 aromatic heterocycles. The zero-order valence-corrected chi connectivity index (χ0v) is 9.49. The van der Waals surface area contributed by atoms with Crippen molar-refractivity contribution in [3.05, 3.63) is 34.9 Å². The molecule has 0 fully saturated rings. The number of carbonyl (C=O) groups is 2. The Bertz CT molecular complexity index is 549. The van der Waals surface area contributed by atoms with Crippen molar-refractivity contribution in [3.8, 4) is 0 Å². The smallest absolute Gasteiger partial charge is 0.416 e. The number of halogens is 3. The lowest BCUT2D eigenvalue weighted by atomic mass is 9.85. The minimum Gasteiger partial charge on any atom is -0.480 e. The predicted molar refractivity (Wildman–Crippen MR) is 56.6 cm³/mol. The molecule has 4 nitrogen and oxygen atoms in total. The van der Waals surface area contributed by atoms with Gasteiger partial charge < -0.3 is 10.2 Å². The summed E-state index contributed by atoms with van der Waals surface area (Å²) in [6.45, 7) is 0. The maximum Gasteiger partial charge on any atom is 0.416 e. The first kappa shape index (κ1) is 13.4. The summed E-state index contributed by atoms with van der Waals surface area (Å²) in [5.41, 5.74) is -2.51. The molecule has 102 valence electrons. The Morgan fingerprint density at radius 1 is 1.05 bits per heavy atom. The highest BCUT2D eigenvalue weighted by atomic mass is 19.4. The second-order valence-electron chi connectivity index (χ2n) is 4.53. The van der Waals surface area contributed by atoms with E-state index in [0.717, 1.165) is 18.2 Å². The summed E-state index contributed by atoms with van der Waals surface area (Å²) in [6, 6.07) is 2.80. The largest absolute Gasteiger partial charge is 0.480 e. The Morgan fingerprint density at radius 2 is 1.58 bits per heavy atom. The van der Waals surface area contributed by atoms with E-state index in [1.165, 1.54) is 0 Å². The van der Waals surface area contributed by atoms with Gasteiger partial charge in [-0.1, -0.05) is 6.07 Å². The number of hydrogen-bond acceptors (Lipinski definition) is 2. The van der Waals surface area contributed by atoms with E-state index in [9.17, 15) is 22.8 Å². The highest BCUT2D eigenvalue weighted by Crippen LogP contribution is 2.40. The van der Waals surface area contributed by atoms with Crippen LogP contribution in [0.15, 0.2) is 18.2 Å². The van der Waals surface area contributed by atoms with Gasteiger partial charge in [-0.3, -0.25) is 9.59 Å². The zero-order chi connectivity index (χ0) is 14.4. The van der Waals surface area contributed by atoms with Crippen molar-refractivity contribution in [2.24, 2.45) is 5.41 Å². The van der Waals surface area contributed by atoms with Gasteiger partial charge in [-0.25, -0.2) is 0 Å². The lowest BCUT2D eigenvalue weighted by Gasteiger charge is -2.17. The topological polar surface area (TPSA) is 74.6 Å². The van der Waals surface area contributed by atoms with E-state index >= 15 is 0 Å². The van der Waals surface area contributed by atoms with Gasteiger partial charge >= 0.3 is 18.1 Å². The van der Waals surface area contributed by atoms with E-state index in [-0.39, 0.29) is 12.0 Å². The molecule has 19 heavy (non-hydrogen) atoms. The van der Waals surface area contributed by atoms with E-state index in [1.807, 2.05) is 0 Å². The fourth-order valence-corrected chi connectivity index (χ4v) is 2.25. The van der Waals surface area contributed by atoms with Gasteiger partial charge in [0.1, 0.15) is 0 Å². The fourth-order valence-electron chi connectivity index (χ4n) is 2.25. The zero-order valence-electron chi connectivity index (χ0n) is 9.49. The van der Waals surface area contributed by atoms with Crippen LogP contribution in [0.3, 0.4) is 0 Å². The van der Waals surface area contributed by atoms with Crippen LogP contribution in [0, 0.1) is 5.41 Å². The molecule has 0 amide bonds. The number of alkyl halides is 3. The lowest BCUT2D eigenvalue weighted by Crippen LogP contribution is -2.40. The maximum absolute atomic E-state index is 12.5. The van der Waals surface area contributed by atoms with Gasteiger partial charge in [-0.15, -0.1) is 0 Å². The molecule has 1 aromatic carbocycles. The summed E-state index contributed by atoms with van der Waals surface area (Å²) in [5.74, 6) is -3.07. The van der Waals surface area contributed by atoms with Crippen LogP contribution in [-0.2, 0) is 28.6 Å². The Kier molecular flexibility index (Phi) is 2.80. The van der Waals surface area contributed by atoms with E-state index in [0.29, 0.717) is 5.56 Å². The van der Waals surface area contributed by atoms with Crippen molar-refractivity contribution >= 4 is 11.9 Å². The summed E-state index contributed by atoms with van der Waals surface area (Å²) in [5, 5.41) is 18.1. The Labute approximate surface area is 105 Å². The molecule has 1 aromatic rings. The molecule has 0 heterocycles. The number of carboxylic acid groups (broad SMARTS) is 2. The van der Waals surface area contributed by atoms with Gasteiger partial charge in [0.05, 0.1) is 5.56 Å². The van der Waals surface area contributed by atoms with Crippen LogP contribution >= 0.6 is 0 Å². The number of fused-ring (bicyclic) bond motifs is 1. The van der Waals surface area contributed by atoms with Crippen LogP contribution in [0.25, 0.3) is 0 Å². The van der Waals surface area contributed by atoms with Crippen LogP contribution < -0.4 is 0 Å². The molecular formula is C12H9F3O4. The standard InChI is InChI=1S/C12H9F3O4/c13-12(14,15)8-2-1-6-4-11(9(16)17,10(18)19)5-7(6)3-8/h1-3H,4-5H2,(H,16,17)(H,18,19). The summed E-state index contributed by atoms with van der Waals surface area (Å²) in [7, 11) is 0. The van der Waals surface area contributed by atoms with Crippen LogP contribution in [0.4, 0.5) is 13.2 Å². The van der Waals surface area contributed by atoms with Gasteiger partial charge in [0.25, 0.3) is 0 Å². The van der Waals surface area contributed by atoms with E-state index in [1.54, 1.807) is 0 Å². The molecular weight excluding hydrogens is 265 g/mol. The molecule has 1 aliphatic rings. The number of benzene rings is 1. The molecule has 0 saturated carbocycles. The summed E-state index contributed by atoms with van der Waals surface area (Å²) in [4.78, 5) is 22.2. The molecule has 1 aliphatic carbocycles. The van der Waals surface area contributed by atoms with Crippen LogP contribution in [-0.4, -0.2) is 22.2 Å². The second-order valence-corrected chi connectivity index (χ2v) is 4.53. The fraction of sp³-hybridized carbons (Fsp3) is 0.333. The first-order valence-electron chi connectivity index (χ1n) is 5.32. The number of aliphatic carboxylic acids is 2. The van der Waals surface area contributed by atoms with Crippen molar-refractivity contribution in [2.75, 3.05) is 0 Å². The minimum absolute atomic E-state index is 0.125. The van der Waals surface area contributed by atoms with E-state index < -0.39 is 35.5 Å². The van der Waals surface area contributed by atoms with Gasteiger partial charge in [0.15, 0.2) is 5.41 Å². The lowest BCUT2D eigenvalue weighted by molar-refractivity contribution is -0.163. The molecule has 2 N–H and O–H groups in total. The SMILES string of the molecule is O=C(O)C1(C(=O)O)Cc2ccc(C(F)(F)F)cc2C1. The number of hydrogen-bond donors (Lipinski definition) is 2. The first-order chi connectivity index (χ1) is 8.67. The summed E-state index contributed by atoms with van der Waals surface area (Å²) < 4.78 is 37.6. The highest BCUT2D eigenvalue weighted by Gasteiger charge is 2.51. The number of carboxylic acids is 2. The minimum atomic E-state index is -4.53. The third-order valence-electron chi connectivity index (χ3n) is 3.34. The third-order valence-corrected chi connectivity index (χ3v) is 3.34. The van der Waals surface area contributed by atoms with Gasteiger partial charge in [-0.2, -0.15) is 13.2 Å². The number of rotatable bonds is 2. The third kappa shape index (κ3) is 2.05. The molecule has 0 atom stereocenters. The predicted octanol–water partition coefficient (Wildman–Crippen LogP) is 1.96. The first-order valence-corrected chi connectivity index (χ1v) is 5.32. The summed E-state index contributed by atoms with van der Waals surface area (Å²) in [6.07, 6.45) is -5.27. The Balaban J connectivity index is 2.45. The molecule has 0 spiro atoms. The quantitative estimate of drug-likeness (QED) is 0.808. The monoisotopic (exact) mass is 274 g/mol. The van der Waals surface area contributed by atoms with Crippen molar-refractivity contribution in [1.29, 1.82) is 0 Å².